The molecule has 0 aliphatic heterocycles. The molecule has 5 nitrogen and oxygen atoms in total. The molecule has 2 saturated carbocycles. The zero-order chi connectivity index (χ0) is 16.8. The molecule has 0 amide bonds. The summed E-state index contributed by atoms with van der Waals surface area (Å²) < 4.78 is 11.2. The van der Waals surface area contributed by atoms with Gasteiger partial charge >= 0.3 is 0 Å². The highest BCUT2D eigenvalue weighted by atomic mass is 16.5. The Morgan fingerprint density at radius 3 is 2.50 bits per heavy atom. The second-order valence-electron chi connectivity index (χ2n) is 7.41. The molecule has 0 spiro atoms. The SMILES string of the molecule is COc1cc(C2(c3nc(C4(N)CCCC4)no3)CCC2)ccc1C. The van der Waals surface area contributed by atoms with Crippen LogP contribution < -0.4 is 10.5 Å². The molecular weight excluding hydrogens is 302 g/mol. The van der Waals surface area contributed by atoms with Crippen molar-refractivity contribution in [1.29, 1.82) is 0 Å². The van der Waals surface area contributed by atoms with E-state index < -0.39 is 5.54 Å². The Morgan fingerprint density at radius 2 is 1.88 bits per heavy atom. The van der Waals surface area contributed by atoms with Crippen LogP contribution in [0.15, 0.2) is 22.7 Å². The minimum absolute atomic E-state index is 0.179. The van der Waals surface area contributed by atoms with E-state index in [9.17, 15) is 0 Å². The summed E-state index contributed by atoms with van der Waals surface area (Å²) in [7, 11) is 1.71. The third-order valence-corrected chi connectivity index (χ3v) is 5.94. The number of methoxy groups -OCH3 is 1. The van der Waals surface area contributed by atoms with Crippen molar-refractivity contribution < 1.29 is 9.26 Å². The third-order valence-electron chi connectivity index (χ3n) is 5.94. The van der Waals surface area contributed by atoms with E-state index >= 15 is 0 Å². The predicted molar refractivity (Wildman–Crippen MR) is 91.0 cm³/mol. The number of benzene rings is 1. The number of hydrogen-bond donors (Lipinski definition) is 1. The molecule has 2 aliphatic carbocycles. The minimum atomic E-state index is -0.405. The molecule has 5 heteroatoms. The number of aromatic nitrogens is 2. The number of nitrogens with zero attached hydrogens (tertiary/aromatic N) is 2. The molecule has 1 aromatic heterocycles. The van der Waals surface area contributed by atoms with E-state index in [1.807, 2.05) is 0 Å². The highest BCUT2D eigenvalue weighted by Gasteiger charge is 2.47. The van der Waals surface area contributed by atoms with Gasteiger partial charge in [0, 0.05) is 0 Å². The molecule has 2 fully saturated rings. The Hall–Kier alpha value is -1.88. The summed E-state index contributed by atoms with van der Waals surface area (Å²) in [5.74, 6) is 2.30. The predicted octanol–water partition coefficient (Wildman–Crippen LogP) is 3.58. The van der Waals surface area contributed by atoms with Crippen molar-refractivity contribution in [1.82, 2.24) is 10.1 Å². The molecule has 2 aromatic rings. The Bertz CT molecular complexity index is 743. The Kier molecular flexibility index (Phi) is 3.64. The molecule has 24 heavy (non-hydrogen) atoms. The van der Waals surface area contributed by atoms with Gasteiger partial charge in [0.15, 0.2) is 5.82 Å². The fraction of sp³-hybridized carbons (Fsp3) is 0.579. The largest absolute Gasteiger partial charge is 0.496 e. The van der Waals surface area contributed by atoms with E-state index in [1.165, 1.54) is 12.0 Å². The second-order valence-corrected chi connectivity index (χ2v) is 7.41. The first-order valence-electron chi connectivity index (χ1n) is 8.86. The molecule has 2 N–H and O–H groups in total. The number of ether oxygens (including phenoxy) is 1. The molecule has 1 aromatic carbocycles. The van der Waals surface area contributed by atoms with Crippen molar-refractivity contribution in [2.45, 2.75) is 62.8 Å². The van der Waals surface area contributed by atoms with Crippen molar-refractivity contribution in [3.05, 3.63) is 41.0 Å². The van der Waals surface area contributed by atoms with E-state index in [0.29, 0.717) is 11.7 Å². The zero-order valence-electron chi connectivity index (χ0n) is 14.5. The van der Waals surface area contributed by atoms with E-state index in [1.54, 1.807) is 7.11 Å². The van der Waals surface area contributed by atoms with Gasteiger partial charge in [0.05, 0.1) is 18.1 Å². The van der Waals surface area contributed by atoms with Gasteiger partial charge in [0.1, 0.15) is 5.75 Å². The number of hydrogen-bond acceptors (Lipinski definition) is 5. The van der Waals surface area contributed by atoms with E-state index in [-0.39, 0.29) is 5.41 Å². The van der Waals surface area contributed by atoms with Crippen LogP contribution in [0.2, 0.25) is 0 Å². The summed E-state index contributed by atoms with van der Waals surface area (Å²) in [4.78, 5) is 4.77. The zero-order valence-corrected chi connectivity index (χ0v) is 14.5. The lowest BCUT2D eigenvalue weighted by Gasteiger charge is -2.39. The first kappa shape index (κ1) is 15.6. The van der Waals surface area contributed by atoms with Gasteiger partial charge in [-0.2, -0.15) is 4.98 Å². The van der Waals surface area contributed by atoms with Gasteiger partial charge in [-0.25, -0.2) is 0 Å². The van der Waals surface area contributed by atoms with Crippen LogP contribution in [0.4, 0.5) is 0 Å². The first-order valence-corrected chi connectivity index (χ1v) is 8.86. The highest BCUT2D eigenvalue weighted by Crippen LogP contribution is 2.49. The van der Waals surface area contributed by atoms with E-state index in [4.69, 9.17) is 20.0 Å². The molecule has 0 bridgehead atoms. The molecule has 0 saturated heterocycles. The molecule has 128 valence electrons. The summed E-state index contributed by atoms with van der Waals surface area (Å²) in [5, 5.41) is 4.26. The Labute approximate surface area is 142 Å². The molecule has 2 aliphatic rings. The molecule has 0 radical (unpaired) electrons. The van der Waals surface area contributed by atoms with Crippen LogP contribution in [0.3, 0.4) is 0 Å². The smallest absolute Gasteiger partial charge is 0.237 e. The average Bonchev–Trinajstić information content (AvgIpc) is 3.18. The van der Waals surface area contributed by atoms with E-state index in [0.717, 1.165) is 49.8 Å². The van der Waals surface area contributed by atoms with E-state index in [2.05, 4.69) is 30.3 Å². The summed E-state index contributed by atoms with van der Waals surface area (Å²) in [6, 6.07) is 6.38. The Morgan fingerprint density at radius 1 is 1.12 bits per heavy atom. The maximum atomic E-state index is 6.50. The summed E-state index contributed by atoms with van der Waals surface area (Å²) >= 11 is 0. The van der Waals surface area contributed by atoms with Crippen molar-refractivity contribution in [3.8, 4) is 5.75 Å². The van der Waals surface area contributed by atoms with Gasteiger partial charge in [0.2, 0.25) is 5.89 Å². The number of nitrogens with two attached hydrogens (primary N) is 1. The van der Waals surface area contributed by atoms with Crippen molar-refractivity contribution in [2.24, 2.45) is 5.73 Å². The number of aryl methyl sites for hydroxylation is 1. The lowest BCUT2D eigenvalue weighted by atomic mass is 9.64. The quantitative estimate of drug-likeness (QED) is 0.929. The van der Waals surface area contributed by atoms with Crippen LogP contribution in [0.25, 0.3) is 0 Å². The van der Waals surface area contributed by atoms with Gasteiger partial charge in [-0.3, -0.25) is 0 Å². The van der Waals surface area contributed by atoms with Crippen LogP contribution in [-0.4, -0.2) is 17.3 Å². The molecule has 1 heterocycles. The van der Waals surface area contributed by atoms with Gasteiger partial charge in [0.25, 0.3) is 0 Å². The van der Waals surface area contributed by atoms with Crippen LogP contribution >= 0.6 is 0 Å². The fourth-order valence-electron chi connectivity index (χ4n) is 4.12. The first-order chi connectivity index (χ1) is 11.6. The lowest BCUT2D eigenvalue weighted by Crippen LogP contribution is -2.37. The fourth-order valence-corrected chi connectivity index (χ4v) is 4.12. The molecule has 4 rings (SSSR count). The van der Waals surface area contributed by atoms with Crippen LogP contribution in [-0.2, 0) is 11.0 Å². The topological polar surface area (TPSA) is 74.2 Å². The van der Waals surface area contributed by atoms with Crippen molar-refractivity contribution in [3.63, 3.8) is 0 Å². The average molecular weight is 327 g/mol. The highest BCUT2D eigenvalue weighted by molar-refractivity contribution is 5.43. The van der Waals surface area contributed by atoms with Gasteiger partial charge in [-0.1, -0.05) is 36.6 Å². The number of rotatable bonds is 4. The lowest BCUT2D eigenvalue weighted by molar-refractivity contribution is 0.215. The second kappa shape index (κ2) is 5.59. The van der Waals surface area contributed by atoms with Gasteiger partial charge in [-0.05, 0) is 49.8 Å². The van der Waals surface area contributed by atoms with Crippen molar-refractivity contribution in [2.75, 3.05) is 7.11 Å². The summed E-state index contributed by atoms with van der Waals surface area (Å²) in [5.41, 5.74) is 8.24. The monoisotopic (exact) mass is 327 g/mol. The molecule has 0 atom stereocenters. The van der Waals surface area contributed by atoms with Gasteiger partial charge in [-0.15, -0.1) is 0 Å². The maximum absolute atomic E-state index is 6.50. The minimum Gasteiger partial charge on any atom is -0.496 e. The van der Waals surface area contributed by atoms with Crippen LogP contribution in [0.1, 0.15) is 67.8 Å². The third kappa shape index (κ3) is 2.25. The normalized spacial score (nSPS) is 21.5. The summed E-state index contributed by atoms with van der Waals surface area (Å²) in [6.45, 7) is 2.05. The maximum Gasteiger partial charge on any atom is 0.237 e. The van der Waals surface area contributed by atoms with Crippen molar-refractivity contribution >= 4 is 0 Å². The molecule has 0 unspecified atom stereocenters. The molecular formula is C19H25N3O2. The summed E-state index contributed by atoms with van der Waals surface area (Å²) in [6.07, 6.45) is 7.38. The van der Waals surface area contributed by atoms with Gasteiger partial charge < -0.3 is 15.0 Å². The van der Waals surface area contributed by atoms with Crippen LogP contribution in [0, 0.1) is 6.92 Å². The standard InChI is InChI=1S/C19H25N3O2/c1-13-6-7-14(12-15(13)23-2)18(8-5-9-18)17-21-16(22-24-17)19(20)10-3-4-11-19/h6-7,12H,3-5,8-11,20H2,1-2H3. The Balaban J connectivity index is 1.72. The van der Waals surface area contributed by atoms with Crippen LogP contribution in [0.5, 0.6) is 5.75 Å².